The molecule has 4 nitrogen and oxygen atoms in total. The number of ether oxygens (including phenoxy) is 1. The second kappa shape index (κ2) is 4.92. The number of nitrogen functional groups attached to an aromatic ring is 1. The van der Waals surface area contributed by atoms with Gasteiger partial charge in [0.1, 0.15) is 6.61 Å². The number of imidazole rings is 1. The summed E-state index contributed by atoms with van der Waals surface area (Å²) >= 11 is 13.7. The molecule has 7 heteroatoms. The Morgan fingerprint density at radius 3 is 2.74 bits per heavy atom. The van der Waals surface area contributed by atoms with E-state index in [2.05, 4.69) is 4.98 Å². The molecule has 2 aromatic heterocycles. The van der Waals surface area contributed by atoms with Crippen molar-refractivity contribution in [2.75, 3.05) is 5.73 Å². The number of hydrogen-bond donors (Lipinski definition) is 1. The van der Waals surface area contributed by atoms with Crippen molar-refractivity contribution in [3.8, 4) is 5.75 Å². The summed E-state index contributed by atoms with van der Waals surface area (Å²) in [7, 11) is 0. The lowest BCUT2D eigenvalue weighted by molar-refractivity contribution is 0.302. The largest absolute Gasteiger partial charge is 0.484 e. The summed E-state index contributed by atoms with van der Waals surface area (Å²) in [6.45, 7) is 0.303. The van der Waals surface area contributed by atoms with E-state index in [1.807, 2.05) is 22.2 Å². The molecule has 0 atom stereocenters. The zero-order chi connectivity index (χ0) is 13.4. The van der Waals surface area contributed by atoms with Crippen LogP contribution in [0.3, 0.4) is 0 Å². The third-order valence-corrected chi connectivity index (χ3v) is 3.86. The monoisotopic (exact) mass is 313 g/mol. The van der Waals surface area contributed by atoms with Gasteiger partial charge in [0, 0.05) is 23.5 Å². The van der Waals surface area contributed by atoms with E-state index in [0.717, 1.165) is 10.7 Å². The van der Waals surface area contributed by atoms with Crippen molar-refractivity contribution in [3.63, 3.8) is 0 Å². The fourth-order valence-electron chi connectivity index (χ4n) is 1.71. The summed E-state index contributed by atoms with van der Waals surface area (Å²) in [5, 5.41) is 2.76. The third kappa shape index (κ3) is 2.49. The van der Waals surface area contributed by atoms with E-state index in [4.69, 9.17) is 33.7 Å². The van der Waals surface area contributed by atoms with Crippen molar-refractivity contribution in [2.45, 2.75) is 6.61 Å². The molecule has 2 heterocycles. The molecule has 2 N–H and O–H groups in total. The molecule has 0 aliphatic heterocycles. The van der Waals surface area contributed by atoms with E-state index in [9.17, 15) is 0 Å². The predicted octanol–water partition coefficient (Wildman–Crippen LogP) is 3.86. The molecule has 98 valence electrons. The maximum Gasteiger partial charge on any atom is 0.193 e. The second-order valence-electron chi connectivity index (χ2n) is 3.93. The summed E-state index contributed by atoms with van der Waals surface area (Å²) in [5.41, 5.74) is 6.95. The molecule has 0 spiro atoms. The highest BCUT2D eigenvalue weighted by molar-refractivity contribution is 7.15. The summed E-state index contributed by atoms with van der Waals surface area (Å²) < 4.78 is 7.56. The number of anilines is 1. The minimum absolute atomic E-state index is 0.303. The Hall–Kier alpha value is -1.43. The van der Waals surface area contributed by atoms with Crippen LogP contribution in [0.5, 0.6) is 5.75 Å². The van der Waals surface area contributed by atoms with E-state index in [1.54, 1.807) is 23.5 Å². The van der Waals surface area contributed by atoms with Gasteiger partial charge in [0.2, 0.25) is 0 Å². The van der Waals surface area contributed by atoms with Crippen LogP contribution in [-0.4, -0.2) is 9.38 Å². The number of thiazole rings is 1. The quantitative estimate of drug-likeness (QED) is 0.747. The molecule has 3 rings (SSSR count). The Bertz CT molecular complexity index is 686. The van der Waals surface area contributed by atoms with E-state index in [-0.39, 0.29) is 0 Å². The van der Waals surface area contributed by atoms with Crippen molar-refractivity contribution in [3.05, 3.63) is 45.6 Å². The molecule has 0 aliphatic carbocycles. The average Bonchev–Trinajstić information content (AvgIpc) is 2.87. The van der Waals surface area contributed by atoms with Crippen molar-refractivity contribution >= 4 is 45.2 Å². The first-order chi connectivity index (χ1) is 9.13. The molecule has 0 amide bonds. The normalized spacial score (nSPS) is 11.1. The van der Waals surface area contributed by atoms with Crippen LogP contribution in [0.1, 0.15) is 5.69 Å². The Balaban J connectivity index is 1.81. The van der Waals surface area contributed by atoms with Gasteiger partial charge in [-0.05, 0) is 12.1 Å². The first kappa shape index (κ1) is 12.6. The lowest BCUT2D eigenvalue weighted by atomic mass is 10.3. The number of rotatable bonds is 3. The van der Waals surface area contributed by atoms with Gasteiger partial charge in [0.25, 0.3) is 0 Å². The fourth-order valence-corrected chi connectivity index (χ4v) is 3.04. The van der Waals surface area contributed by atoms with E-state index in [1.165, 1.54) is 0 Å². The fraction of sp³-hybridized carbons (Fsp3) is 0.0833. The molecular weight excluding hydrogens is 305 g/mol. The zero-order valence-electron chi connectivity index (χ0n) is 9.64. The van der Waals surface area contributed by atoms with Gasteiger partial charge >= 0.3 is 0 Å². The smallest absolute Gasteiger partial charge is 0.193 e. The molecule has 0 aliphatic rings. The molecule has 0 saturated carbocycles. The summed E-state index contributed by atoms with van der Waals surface area (Å²) in [6, 6.07) is 3.21. The van der Waals surface area contributed by atoms with Gasteiger partial charge in [-0.25, -0.2) is 4.98 Å². The second-order valence-corrected chi connectivity index (χ2v) is 5.61. The molecule has 0 unspecified atom stereocenters. The SMILES string of the molecule is Nc1cc(Cl)c(OCc2cn3ccsc3n2)c(Cl)c1. The van der Waals surface area contributed by atoms with Crippen molar-refractivity contribution < 1.29 is 4.74 Å². The van der Waals surface area contributed by atoms with Crippen LogP contribution in [0.25, 0.3) is 4.96 Å². The van der Waals surface area contributed by atoms with Crippen LogP contribution in [-0.2, 0) is 6.61 Å². The van der Waals surface area contributed by atoms with Gasteiger partial charge < -0.3 is 10.5 Å². The standard InChI is InChI=1S/C12H9Cl2N3OS/c13-9-3-7(15)4-10(14)11(9)18-6-8-5-17-1-2-19-12(17)16-8/h1-5H,6,15H2. The van der Waals surface area contributed by atoms with Crippen LogP contribution in [0.4, 0.5) is 5.69 Å². The molecule has 0 saturated heterocycles. The maximum absolute atomic E-state index is 6.05. The van der Waals surface area contributed by atoms with Gasteiger partial charge in [0.15, 0.2) is 10.7 Å². The highest BCUT2D eigenvalue weighted by Gasteiger charge is 2.10. The topological polar surface area (TPSA) is 52.5 Å². The summed E-state index contributed by atoms with van der Waals surface area (Å²) in [6.07, 6.45) is 3.85. The Kier molecular flexibility index (Phi) is 3.26. The Morgan fingerprint density at radius 2 is 2.05 bits per heavy atom. The van der Waals surface area contributed by atoms with Crippen LogP contribution >= 0.6 is 34.5 Å². The average molecular weight is 314 g/mol. The first-order valence-corrected chi connectivity index (χ1v) is 7.05. The lowest BCUT2D eigenvalue weighted by Crippen LogP contribution is -1.98. The molecule has 1 aromatic carbocycles. The molecular formula is C12H9Cl2N3OS. The molecule has 0 radical (unpaired) electrons. The molecule has 0 fully saturated rings. The number of nitrogens with zero attached hydrogens (tertiary/aromatic N) is 2. The number of nitrogens with two attached hydrogens (primary N) is 1. The van der Waals surface area contributed by atoms with Gasteiger partial charge in [-0.3, -0.25) is 4.40 Å². The highest BCUT2D eigenvalue weighted by Crippen LogP contribution is 2.35. The number of fused-ring (bicyclic) bond motifs is 1. The molecule has 19 heavy (non-hydrogen) atoms. The zero-order valence-corrected chi connectivity index (χ0v) is 12.0. The van der Waals surface area contributed by atoms with Gasteiger partial charge in [-0.1, -0.05) is 23.2 Å². The Labute approximate surface area is 123 Å². The minimum Gasteiger partial charge on any atom is -0.484 e. The summed E-state index contributed by atoms with van der Waals surface area (Å²) in [4.78, 5) is 5.33. The van der Waals surface area contributed by atoms with E-state index < -0.39 is 0 Å². The van der Waals surface area contributed by atoms with E-state index >= 15 is 0 Å². The number of hydrogen-bond acceptors (Lipinski definition) is 4. The molecule has 3 aromatic rings. The highest BCUT2D eigenvalue weighted by atomic mass is 35.5. The van der Waals surface area contributed by atoms with Crippen LogP contribution < -0.4 is 10.5 Å². The van der Waals surface area contributed by atoms with Crippen molar-refractivity contribution in [2.24, 2.45) is 0 Å². The van der Waals surface area contributed by atoms with Crippen molar-refractivity contribution in [1.29, 1.82) is 0 Å². The van der Waals surface area contributed by atoms with Crippen LogP contribution in [0.15, 0.2) is 29.9 Å². The van der Waals surface area contributed by atoms with Crippen LogP contribution in [0.2, 0.25) is 10.0 Å². The minimum atomic E-state index is 0.303. The van der Waals surface area contributed by atoms with Gasteiger partial charge in [-0.15, -0.1) is 11.3 Å². The Morgan fingerprint density at radius 1 is 1.32 bits per heavy atom. The maximum atomic E-state index is 6.05. The lowest BCUT2D eigenvalue weighted by Gasteiger charge is -2.09. The number of benzene rings is 1. The van der Waals surface area contributed by atoms with E-state index in [0.29, 0.717) is 28.1 Å². The van der Waals surface area contributed by atoms with Gasteiger partial charge in [-0.2, -0.15) is 0 Å². The summed E-state index contributed by atoms with van der Waals surface area (Å²) in [5.74, 6) is 0.425. The number of halogens is 2. The van der Waals surface area contributed by atoms with Crippen LogP contribution in [0, 0.1) is 0 Å². The third-order valence-electron chi connectivity index (χ3n) is 2.53. The number of aromatic nitrogens is 2. The van der Waals surface area contributed by atoms with Gasteiger partial charge in [0.05, 0.1) is 15.7 Å². The van der Waals surface area contributed by atoms with Crippen molar-refractivity contribution in [1.82, 2.24) is 9.38 Å². The predicted molar refractivity (Wildman–Crippen MR) is 78.3 cm³/mol. The first-order valence-electron chi connectivity index (χ1n) is 5.42. The molecule has 0 bridgehead atoms.